The van der Waals surface area contributed by atoms with Crippen molar-refractivity contribution in [1.29, 1.82) is 0 Å². The van der Waals surface area contributed by atoms with E-state index in [4.69, 9.17) is 8.83 Å². The van der Waals surface area contributed by atoms with Gasteiger partial charge in [-0.3, -0.25) is 9.80 Å². The molecule has 0 bridgehead atoms. The van der Waals surface area contributed by atoms with Crippen LogP contribution in [0.25, 0.3) is 21.5 Å². The number of hydrogen-bond acceptors (Lipinski definition) is 4. The number of aryl methyl sites for hydroxylation is 3. The predicted molar refractivity (Wildman–Crippen MR) is 198 cm³/mol. The summed E-state index contributed by atoms with van der Waals surface area (Å²) in [6, 6.07) is 35.9. The summed E-state index contributed by atoms with van der Waals surface area (Å²) in [4.78, 5) is 4.89. The molecule has 2 aliphatic heterocycles. The largest absolute Gasteiger partial charge is 0.445 e. The van der Waals surface area contributed by atoms with Gasteiger partial charge < -0.3 is 8.83 Å². The standard InChI is InChI=1S/C43H35BN2O2/c1-26-22-35-41-36(23-26)46(32-21-19-28-11-3-5-13-30(28)25-32)43-40(34-15-7-9-17-38(34)48-43)44(41)39-33-14-6-8-16-37(33)47-42(39)45(35)31-20-18-27-10-2-4-12-29(27)24-31/h2-5,10-13,18-25H,6-9,14-17H2,1H3. The Kier molecular flexibility index (Phi) is 5.56. The zero-order valence-electron chi connectivity index (χ0n) is 27.2. The highest BCUT2D eigenvalue weighted by Gasteiger charge is 2.50. The summed E-state index contributed by atoms with van der Waals surface area (Å²) >= 11 is 0. The molecule has 0 fully saturated rings. The molecule has 5 aromatic carbocycles. The molecule has 48 heavy (non-hydrogen) atoms. The van der Waals surface area contributed by atoms with Crippen LogP contribution in [-0.4, -0.2) is 6.71 Å². The van der Waals surface area contributed by atoms with Crippen LogP contribution in [0.1, 0.15) is 53.9 Å². The van der Waals surface area contributed by atoms with Crippen LogP contribution < -0.4 is 26.2 Å². The number of nitrogens with zero attached hydrogens (tertiary/aromatic N) is 2. The van der Waals surface area contributed by atoms with Gasteiger partial charge in [-0.1, -0.05) is 60.7 Å². The van der Waals surface area contributed by atoms with Crippen LogP contribution in [0, 0.1) is 6.92 Å². The first-order valence-electron chi connectivity index (χ1n) is 17.7. The summed E-state index contributed by atoms with van der Waals surface area (Å²) in [5, 5.41) is 4.97. The van der Waals surface area contributed by atoms with E-state index in [-0.39, 0.29) is 6.71 Å². The first kappa shape index (κ1) is 26.9. The lowest BCUT2D eigenvalue weighted by molar-refractivity contribution is 0.484. The number of benzene rings is 5. The first-order chi connectivity index (χ1) is 23.7. The van der Waals surface area contributed by atoms with Gasteiger partial charge in [0.1, 0.15) is 11.5 Å². The van der Waals surface area contributed by atoms with Crippen molar-refractivity contribution in [3.05, 3.63) is 125 Å². The van der Waals surface area contributed by atoms with Crippen molar-refractivity contribution in [1.82, 2.24) is 0 Å². The molecule has 0 saturated heterocycles. The van der Waals surface area contributed by atoms with Crippen LogP contribution >= 0.6 is 0 Å². The minimum absolute atomic E-state index is 0.0743. The van der Waals surface area contributed by atoms with Crippen LogP contribution in [0.5, 0.6) is 0 Å². The lowest BCUT2D eigenvalue weighted by Gasteiger charge is -2.41. The lowest BCUT2D eigenvalue weighted by atomic mass is 9.33. The Bertz CT molecular complexity index is 2300. The normalized spacial score (nSPS) is 16.1. The maximum absolute atomic E-state index is 7.08. The lowest BCUT2D eigenvalue weighted by Crippen LogP contribution is -2.62. The Morgan fingerprint density at radius 3 is 1.46 bits per heavy atom. The summed E-state index contributed by atoms with van der Waals surface area (Å²) in [5.41, 5.74) is 12.9. The van der Waals surface area contributed by atoms with Gasteiger partial charge in [0.2, 0.25) is 0 Å². The summed E-state index contributed by atoms with van der Waals surface area (Å²) in [5.74, 6) is 4.36. The van der Waals surface area contributed by atoms with Gasteiger partial charge in [0.05, 0.1) is 0 Å². The third-order valence-electron chi connectivity index (χ3n) is 11.4. The summed E-state index contributed by atoms with van der Waals surface area (Å²) < 4.78 is 14.2. The van der Waals surface area contributed by atoms with Crippen molar-refractivity contribution in [3.8, 4) is 0 Å². The smallest absolute Gasteiger partial charge is 0.261 e. The Balaban J connectivity index is 1.25. The molecule has 2 aromatic heterocycles. The highest BCUT2D eigenvalue weighted by atomic mass is 16.4. The van der Waals surface area contributed by atoms with Crippen LogP contribution in [-0.2, 0) is 25.7 Å². The van der Waals surface area contributed by atoms with E-state index >= 15 is 0 Å². The fraction of sp³-hybridized carbons (Fsp3) is 0.209. The molecule has 0 atom stereocenters. The van der Waals surface area contributed by atoms with Gasteiger partial charge >= 0.3 is 0 Å². The molecule has 4 heterocycles. The molecule has 4 aliphatic rings. The number of rotatable bonds is 2. The van der Waals surface area contributed by atoms with E-state index in [0.29, 0.717) is 0 Å². The summed E-state index contributed by atoms with van der Waals surface area (Å²) in [6.07, 6.45) is 8.90. The van der Waals surface area contributed by atoms with Crippen molar-refractivity contribution < 1.29 is 8.83 Å². The maximum atomic E-state index is 7.08. The van der Waals surface area contributed by atoms with Crippen molar-refractivity contribution in [2.75, 3.05) is 9.80 Å². The Labute approximate surface area is 280 Å². The van der Waals surface area contributed by atoms with E-state index in [0.717, 1.165) is 48.8 Å². The number of fused-ring (bicyclic) bond motifs is 10. The predicted octanol–water partition coefficient (Wildman–Crippen LogP) is 9.33. The molecule has 5 heteroatoms. The van der Waals surface area contributed by atoms with Gasteiger partial charge in [0.15, 0.2) is 11.8 Å². The number of hydrogen-bond donors (Lipinski definition) is 0. The van der Waals surface area contributed by atoms with Crippen molar-refractivity contribution >= 4 is 79.2 Å². The zero-order valence-corrected chi connectivity index (χ0v) is 27.2. The molecule has 4 nitrogen and oxygen atoms in total. The average molecular weight is 623 g/mol. The van der Waals surface area contributed by atoms with E-state index in [9.17, 15) is 0 Å². The van der Waals surface area contributed by atoms with Gasteiger partial charge in [-0.15, -0.1) is 0 Å². The minimum atomic E-state index is 0.0743. The molecule has 232 valence electrons. The molecule has 0 amide bonds. The van der Waals surface area contributed by atoms with E-state index in [2.05, 4.69) is 114 Å². The van der Waals surface area contributed by atoms with E-state index < -0.39 is 0 Å². The molecule has 0 radical (unpaired) electrons. The highest BCUT2D eigenvalue weighted by molar-refractivity contribution is 7.00. The summed E-state index contributed by atoms with van der Waals surface area (Å²) in [6.45, 7) is 2.30. The van der Waals surface area contributed by atoms with Gasteiger partial charge in [-0.2, -0.15) is 0 Å². The van der Waals surface area contributed by atoms with Gasteiger partial charge in [-0.25, -0.2) is 0 Å². The molecule has 7 aromatic rings. The molecular formula is C43H35BN2O2. The van der Waals surface area contributed by atoms with Crippen LogP contribution in [0.15, 0.2) is 106 Å². The van der Waals surface area contributed by atoms with Crippen molar-refractivity contribution in [2.45, 2.75) is 58.3 Å². The third kappa shape index (κ3) is 3.67. The Hall–Kier alpha value is -5.16. The van der Waals surface area contributed by atoms with Gasteiger partial charge in [0, 0.05) is 35.6 Å². The van der Waals surface area contributed by atoms with Crippen LogP contribution in [0.4, 0.5) is 34.5 Å². The van der Waals surface area contributed by atoms with Gasteiger partial charge in [-0.05, 0) is 136 Å². The Morgan fingerprint density at radius 1 is 0.500 bits per heavy atom. The second kappa shape index (κ2) is 9.93. The SMILES string of the molecule is Cc1cc2c3c(c1)N(c1ccc4ccccc4c1)c1oc4c(c1B3c1c(oc3c1CCCC3)N2c1ccc2ccccc2c1)CCCC4. The quantitative estimate of drug-likeness (QED) is 0.180. The van der Waals surface area contributed by atoms with E-state index in [1.807, 2.05) is 0 Å². The zero-order chi connectivity index (χ0) is 31.5. The van der Waals surface area contributed by atoms with Crippen LogP contribution in [0.3, 0.4) is 0 Å². The monoisotopic (exact) mass is 622 g/mol. The first-order valence-corrected chi connectivity index (χ1v) is 17.7. The summed E-state index contributed by atoms with van der Waals surface area (Å²) in [7, 11) is 0. The van der Waals surface area contributed by atoms with Crippen molar-refractivity contribution in [2.24, 2.45) is 0 Å². The number of anilines is 6. The maximum Gasteiger partial charge on any atom is 0.261 e. The minimum Gasteiger partial charge on any atom is -0.445 e. The van der Waals surface area contributed by atoms with Gasteiger partial charge in [0.25, 0.3) is 6.71 Å². The molecule has 0 N–H and O–H groups in total. The molecule has 2 aliphatic carbocycles. The van der Waals surface area contributed by atoms with E-state index in [1.54, 1.807) is 0 Å². The fourth-order valence-corrected chi connectivity index (χ4v) is 9.30. The van der Waals surface area contributed by atoms with Crippen molar-refractivity contribution in [3.63, 3.8) is 0 Å². The van der Waals surface area contributed by atoms with Crippen LogP contribution in [0.2, 0.25) is 0 Å². The average Bonchev–Trinajstić information content (AvgIpc) is 3.70. The fourth-order valence-electron chi connectivity index (χ4n) is 9.30. The topological polar surface area (TPSA) is 32.8 Å². The third-order valence-corrected chi connectivity index (χ3v) is 11.4. The molecule has 0 spiro atoms. The second-order valence-electron chi connectivity index (χ2n) is 14.2. The van der Waals surface area contributed by atoms with E-state index in [1.165, 1.54) is 103 Å². The molecule has 11 rings (SSSR count). The molecule has 0 unspecified atom stereocenters. The number of furan rings is 2. The second-order valence-corrected chi connectivity index (χ2v) is 14.2. The highest BCUT2D eigenvalue weighted by Crippen LogP contribution is 2.48. The molecular weight excluding hydrogens is 587 g/mol. The Morgan fingerprint density at radius 2 is 0.958 bits per heavy atom. The molecule has 0 saturated carbocycles.